The van der Waals surface area contributed by atoms with Gasteiger partial charge in [0.25, 0.3) is 0 Å². The van der Waals surface area contributed by atoms with Gasteiger partial charge in [-0.15, -0.1) is 23.7 Å². The summed E-state index contributed by atoms with van der Waals surface area (Å²) in [6, 6.07) is 3.97. The van der Waals surface area contributed by atoms with Crippen molar-refractivity contribution in [3.8, 4) is 0 Å². The lowest BCUT2D eigenvalue weighted by Crippen LogP contribution is -2.19. The van der Waals surface area contributed by atoms with Gasteiger partial charge in [-0.2, -0.15) is 0 Å². The standard InChI is InChI=1S/C6H9BrN2S.ClH/c7-6-2-1-5(10-6)4(9)3-8;/h1-2,4H,3,8-9H2;1H/t4-;/m1./s1. The molecule has 0 bridgehead atoms. The van der Waals surface area contributed by atoms with E-state index in [0.717, 1.165) is 8.66 Å². The van der Waals surface area contributed by atoms with Gasteiger partial charge < -0.3 is 11.5 Å². The van der Waals surface area contributed by atoms with Gasteiger partial charge in [0.1, 0.15) is 0 Å². The highest BCUT2D eigenvalue weighted by Gasteiger charge is 2.04. The van der Waals surface area contributed by atoms with Crippen LogP contribution >= 0.6 is 39.7 Å². The lowest BCUT2D eigenvalue weighted by molar-refractivity contribution is 0.752. The Morgan fingerprint density at radius 1 is 1.55 bits per heavy atom. The molecule has 1 atom stereocenters. The topological polar surface area (TPSA) is 52.0 Å². The van der Waals surface area contributed by atoms with Crippen LogP contribution in [0.4, 0.5) is 0 Å². The lowest BCUT2D eigenvalue weighted by atomic mass is 10.3. The summed E-state index contributed by atoms with van der Waals surface area (Å²) in [5, 5.41) is 0. The first-order valence-electron chi connectivity index (χ1n) is 2.95. The second-order valence-electron chi connectivity index (χ2n) is 1.98. The van der Waals surface area contributed by atoms with Crippen LogP contribution in [0.25, 0.3) is 0 Å². The van der Waals surface area contributed by atoms with E-state index in [0.29, 0.717) is 6.54 Å². The van der Waals surface area contributed by atoms with Gasteiger partial charge in [-0.3, -0.25) is 0 Å². The Hall–Kier alpha value is 0.390. The third-order valence-electron chi connectivity index (χ3n) is 1.21. The molecule has 1 aromatic rings. The van der Waals surface area contributed by atoms with Crippen LogP contribution in [0.3, 0.4) is 0 Å². The predicted molar refractivity (Wildman–Crippen MR) is 55.2 cm³/mol. The van der Waals surface area contributed by atoms with Crippen molar-refractivity contribution in [2.45, 2.75) is 6.04 Å². The quantitative estimate of drug-likeness (QED) is 0.850. The maximum absolute atomic E-state index is 5.67. The van der Waals surface area contributed by atoms with Gasteiger partial charge in [0.05, 0.1) is 9.83 Å². The lowest BCUT2D eigenvalue weighted by Gasteiger charge is -2.02. The number of rotatable bonds is 2. The number of hydrogen-bond donors (Lipinski definition) is 2. The Bertz CT molecular complexity index is 216. The van der Waals surface area contributed by atoms with Crippen LogP contribution in [-0.2, 0) is 0 Å². The highest BCUT2D eigenvalue weighted by atomic mass is 79.9. The zero-order chi connectivity index (χ0) is 7.56. The molecule has 4 N–H and O–H groups in total. The summed E-state index contributed by atoms with van der Waals surface area (Å²) in [4.78, 5) is 1.13. The summed E-state index contributed by atoms with van der Waals surface area (Å²) in [6.45, 7) is 0.507. The second-order valence-corrected chi connectivity index (χ2v) is 4.48. The van der Waals surface area contributed by atoms with Crippen LogP contribution in [0, 0.1) is 0 Å². The summed E-state index contributed by atoms with van der Waals surface area (Å²) in [7, 11) is 0. The maximum atomic E-state index is 5.67. The van der Waals surface area contributed by atoms with Crippen LogP contribution < -0.4 is 11.5 Å². The van der Waals surface area contributed by atoms with Gasteiger partial charge in [0.15, 0.2) is 0 Å². The zero-order valence-corrected chi connectivity index (χ0v) is 9.01. The van der Waals surface area contributed by atoms with Gasteiger partial charge in [0.2, 0.25) is 0 Å². The van der Waals surface area contributed by atoms with E-state index < -0.39 is 0 Å². The molecule has 11 heavy (non-hydrogen) atoms. The molecule has 0 unspecified atom stereocenters. The molecule has 0 aliphatic carbocycles. The minimum absolute atomic E-state index is 0. The molecule has 0 spiro atoms. The largest absolute Gasteiger partial charge is 0.329 e. The Morgan fingerprint density at radius 3 is 2.55 bits per heavy atom. The Labute approximate surface area is 84.5 Å². The van der Waals surface area contributed by atoms with Gasteiger partial charge in [0, 0.05) is 11.4 Å². The summed E-state index contributed by atoms with van der Waals surface area (Å²) in [5.41, 5.74) is 11.1. The highest BCUT2D eigenvalue weighted by Crippen LogP contribution is 2.25. The van der Waals surface area contributed by atoms with E-state index in [9.17, 15) is 0 Å². The third-order valence-corrected chi connectivity index (χ3v) is 2.97. The van der Waals surface area contributed by atoms with Crippen molar-refractivity contribution in [3.05, 3.63) is 20.8 Å². The highest BCUT2D eigenvalue weighted by molar-refractivity contribution is 9.11. The average Bonchev–Trinajstić information content (AvgIpc) is 2.34. The first kappa shape index (κ1) is 11.4. The summed E-state index contributed by atoms with van der Waals surface area (Å²) < 4.78 is 1.10. The molecular weight excluding hydrogens is 248 g/mol. The number of halogens is 2. The molecule has 5 heteroatoms. The van der Waals surface area contributed by atoms with Gasteiger partial charge in [-0.1, -0.05) is 0 Å². The number of thiophene rings is 1. The van der Waals surface area contributed by atoms with Crippen molar-refractivity contribution in [1.29, 1.82) is 0 Å². The Kier molecular flexibility index (Phi) is 5.29. The van der Waals surface area contributed by atoms with Crippen LogP contribution in [0.5, 0.6) is 0 Å². The van der Waals surface area contributed by atoms with Crippen LogP contribution in [0.1, 0.15) is 10.9 Å². The van der Waals surface area contributed by atoms with Crippen molar-refractivity contribution in [1.82, 2.24) is 0 Å². The maximum Gasteiger partial charge on any atom is 0.0701 e. The summed E-state index contributed by atoms with van der Waals surface area (Å²) >= 11 is 4.98. The molecule has 0 aliphatic heterocycles. The van der Waals surface area contributed by atoms with Crippen molar-refractivity contribution in [2.75, 3.05) is 6.54 Å². The zero-order valence-electron chi connectivity index (χ0n) is 5.79. The molecule has 1 rings (SSSR count). The minimum Gasteiger partial charge on any atom is -0.329 e. The second kappa shape index (κ2) is 5.11. The van der Waals surface area contributed by atoms with E-state index in [1.54, 1.807) is 11.3 Å². The molecule has 0 aromatic carbocycles. The monoisotopic (exact) mass is 256 g/mol. The van der Waals surface area contributed by atoms with Gasteiger partial charge in [-0.05, 0) is 28.1 Å². The van der Waals surface area contributed by atoms with Crippen molar-refractivity contribution >= 4 is 39.7 Å². The molecule has 1 aromatic heterocycles. The molecule has 1 heterocycles. The van der Waals surface area contributed by atoms with E-state index in [-0.39, 0.29) is 18.4 Å². The fourth-order valence-electron chi connectivity index (χ4n) is 0.644. The molecule has 0 aliphatic rings. The fourth-order valence-corrected chi connectivity index (χ4v) is 2.08. The molecule has 0 amide bonds. The minimum atomic E-state index is -0.00343. The number of hydrogen-bond acceptors (Lipinski definition) is 3. The molecule has 2 nitrogen and oxygen atoms in total. The number of nitrogens with two attached hydrogens (primary N) is 2. The first-order valence-corrected chi connectivity index (χ1v) is 4.56. The van der Waals surface area contributed by atoms with E-state index in [4.69, 9.17) is 11.5 Å². The van der Waals surface area contributed by atoms with Crippen LogP contribution in [-0.4, -0.2) is 6.54 Å². The van der Waals surface area contributed by atoms with E-state index >= 15 is 0 Å². The van der Waals surface area contributed by atoms with Crippen LogP contribution in [0.15, 0.2) is 15.9 Å². The third kappa shape index (κ3) is 3.09. The molecule has 0 fully saturated rings. The molecule has 0 radical (unpaired) electrons. The Balaban J connectivity index is 0.000001000. The SMILES string of the molecule is Cl.NC[C@@H](N)c1ccc(Br)s1. The molecule has 64 valence electrons. The summed E-state index contributed by atoms with van der Waals surface area (Å²) in [5.74, 6) is 0. The van der Waals surface area contributed by atoms with Crippen molar-refractivity contribution in [2.24, 2.45) is 11.5 Å². The molecular formula is C6H10BrClN2S. The smallest absolute Gasteiger partial charge is 0.0701 e. The average molecular weight is 258 g/mol. The summed E-state index contributed by atoms with van der Waals surface area (Å²) in [6.07, 6.45) is 0. The van der Waals surface area contributed by atoms with E-state index in [2.05, 4.69) is 15.9 Å². The molecule has 0 saturated carbocycles. The van der Waals surface area contributed by atoms with Gasteiger partial charge >= 0.3 is 0 Å². The Morgan fingerprint density at radius 2 is 2.18 bits per heavy atom. The van der Waals surface area contributed by atoms with E-state index in [1.807, 2.05) is 12.1 Å². The predicted octanol–water partition coefficient (Wildman–Crippen LogP) is 1.89. The van der Waals surface area contributed by atoms with Gasteiger partial charge in [-0.25, -0.2) is 0 Å². The first-order chi connectivity index (χ1) is 4.74. The van der Waals surface area contributed by atoms with Crippen molar-refractivity contribution < 1.29 is 0 Å². The molecule has 0 saturated heterocycles. The van der Waals surface area contributed by atoms with E-state index in [1.165, 1.54) is 0 Å². The fraction of sp³-hybridized carbons (Fsp3) is 0.333. The van der Waals surface area contributed by atoms with Crippen molar-refractivity contribution in [3.63, 3.8) is 0 Å². The van der Waals surface area contributed by atoms with Crippen LogP contribution in [0.2, 0.25) is 0 Å². The normalized spacial score (nSPS) is 12.3.